The fourth-order valence-electron chi connectivity index (χ4n) is 3.41. The number of nitrogens with one attached hydrogen (secondary N) is 2. The second-order valence-corrected chi connectivity index (χ2v) is 6.27. The number of hydrogen-bond donors (Lipinski definition) is 2. The first-order chi connectivity index (χ1) is 12.2. The Morgan fingerprint density at radius 3 is 3.04 bits per heavy atom. The van der Waals surface area contributed by atoms with E-state index >= 15 is 0 Å². The van der Waals surface area contributed by atoms with Crippen LogP contribution in [0.3, 0.4) is 0 Å². The standard InChI is InChI=1S/C18H20N6O/c1-2-12-10-24(16(25)4-3-6-19)11-15(12)23-17-13(8-20)9-22-18-14(17)5-7-21-18/h5,7,9,12,15H,2-4,10-11H2,1H3,(H2,21,22,23)/t12-,15+/m0/s1. The predicted molar refractivity (Wildman–Crippen MR) is 93.4 cm³/mol. The van der Waals surface area contributed by atoms with Gasteiger partial charge in [0.05, 0.1) is 17.3 Å². The summed E-state index contributed by atoms with van der Waals surface area (Å²) in [7, 11) is 0. The van der Waals surface area contributed by atoms with E-state index in [2.05, 4.69) is 28.3 Å². The molecule has 1 aliphatic rings. The van der Waals surface area contributed by atoms with Crippen molar-refractivity contribution in [3.05, 3.63) is 24.0 Å². The number of anilines is 1. The van der Waals surface area contributed by atoms with Gasteiger partial charge in [-0.25, -0.2) is 4.98 Å². The number of nitriles is 2. The Labute approximate surface area is 146 Å². The molecule has 2 atom stereocenters. The maximum absolute atomic E-state index is 12.2. The van der Waals surface area contributed by atoms with E-state index in [9.17, 15) is 10.1 Å². The lowest BCUT2D eigenvalue weighted by Gasteiger charge is -2.20. The molecule has 1 amide bonds. The smallest absolute Gasteiger partial charge is 0.223 e. The molecule has 2 aromatic heterocycles. The van der Waals surface area contributed by atoms with Gasteiger partial charge in [0.2, 0.25) is 5.91 Å². The zero-order valence-electron chi connectivity index (χ0n) is 14.1. The van der Waals surface area contributed by atoms with Gasteiger partial charge in [0.25, 0.3) is 0 Å². The van der Waals surface area contributed by atoms with Crippen LogP contribution in [0.2, 0.25) is 0 Å². The summed E-state index contributed by atoms with van der Waals surface area (Å²) in [5, 5.41) is 22.5. The number of rotatable bonds is 5. The summed E-state index contributed by atoms with van der Waals surface area (Å²) in [6.07, 6.45) is 4.81. The van der Waals surface area contributed by atoms with Crippen LogP contribution in [0.1, 0.15) is 31.7 Å². The average molecular weight is 336 g/mol. The largest absolute Gasteiger partial charge is 0.378 e. The highest BCUT2D eigenvalue weighted by atomic mass is 16.2. The quantitative estimate of drug-likeness (QED) is 0.871. The van der Waals surface area contributed by atoms with Crippen LogP contribution in [-0.4, -0.2) is 39.9 Å². The Kier molecular flexibility index (Phi) is 4.85. The van der Waals surface area contributed by atoms with Crippen molar-refractivity contribution in [1.29, 1.82) is 10.5 Å². The minimum absolute atomic E-state index is 0.0197. The SMILES string of the molecule is CC[C@H]1CN(C(=O)CCC#N)C[C@H]1Nc1c(C#N)cnc2[nH]ccc12. The molecule has 1 aliphatic heterocycles. The summed E-state index contributed by atoms with van der Waals surface area (Å²) in [6.45, 7) is 3.37. The van der Waals surface area contributed by atoms with Crippen LogP contribution < -0.4 is 5.32 Å². The number of amides is 1. The van der Waals surface area contributed by atoms with E-state index < -0.39 is 0 Å². The molecule has 0 radical (unpaired) electrons. The molecular weight excluding hydrogens is 316 g/mol. The average Bonchev–Trinajstić information content (AvgIpc) is 3.26. The minimum atomic E-state index is 0.0197. The Balaban J connectivity index is 1.83. The van der Waals surface area contributed by atoms with Gasteiger partial charge in [0.1, 0.15) is 11.7 Å². The lowest BCUT2D eigenvalue weighted by Crippen LogP contribution is -2.32. The summed E-state index contributed by atoms with van der Waals surface area (Å²) in [6, 6.07) is 6.18. The van der Waals surface area contributed by atoms with Gasteiger partial charge in [-0.15, -0.1) is 0 Å². The van der Waals surface area contributed by atoms with E-state index in [1.165, 1.54) is 0 Å². The lowest BCUT2D eigenvalue weighted by molar-refractivity contribution is -0.130. The molecule has 0 aromatic carbocycles. The lowest BCUT2D eigenvalue weighted by atomic mass is 10.00. The Morgan fingerprint density at radius 1 is 1.48 bits per heavy atom. The molecular formula is C18H20N6O. The number of carbonyl (C=O) groups is 1. The van der Waals surface area contributed by atoms with Gasteiger partial charge in [0.15, 0.2) is 0 Å². The number of pyridine rings is 1. The van der Waals surface area contributed by atoms with E-state index in [4.69, 9.17) is 5.26 Å². The minimum Gasteiger partial charge on any atom is -0.378 e. The molecule has 2 aromatic rings. The Bertz CT molecular complexity index is 859. The van der Waals surface area contributed by atoms with E-state index in [0.29, 0.717) is 24.6 Å². The summed E-state index contributed by atoms with van der Waals surface area (Å²) in [4.78, 5) is 21.4. The van der Waals surface area contributed by atoms with Crippen LogP contribution in [0.25, 0.3) is 11.0 Å². The van der Waals surface area contributed by atoms with E-state index in [0.717, 1.165) is 23.1 Å². The topological polar surface area (TPSA) is 109 Å². The van der Waals surface area contributed by atoms with Crippen molar-refractivity contribution in [3.63, 3.8) is 0 Å². The summed E-state index contributed by atoms with van der Waals surface area (Å²) in [5.74, 6) is 0.325. The van der Waals surface area contributed by atoms with Crippen LogP contribution >= 0.6 is 0 Å². The van der Waals surface area contributed by atoms with Crippen molar-refractivity contribution in [2.45, 2.75) is 32.2 Å². The molecule has 0 unspecified atom stereocenters. The fourth-order valence-corrected chi connectivity index (χ4v) is 3.41. The second-order valence-electron chi connectivity index (χ2n) is 6.27. The molecule has 3 rings (SSSR count). The van der Waals surface area contributed by atoms with Gasteiger partial charge in [-0.05, 0) is 18.4 Å². The molecule has 3 heterocycles. The first-order valence-corrected chi connectivity index (χ1v) is 8.45. The van der Waals surface area contributed by atoms with E-state index in [-0.39, 0.29) is 24.8 Å². The van der Waals surface area contributed by atoms with Crippen molar-refractivity contribution in [2.24, 2.45) is 5.92 Å². The van der Waals surface area contributed by atoms with Crippen LogP contribution in [0, 0.1) is 28.6 Å². The highest BCUT2D eigenvalue weighted by Gasteiger charge is 2.34. The zero-order valence-corrected chi connectivity index (χ0v) is 14.1. The number of aromatic nitrogens is 2. The second kappa shape index (κ2) is 7.23. The van der Waals surface area contributed by atoms with Gasteiger partial charge >= 0.3 is 0 Å². The van der Waals surface area contributed by atoms with Gasteiger partial charge < -0.3 is 15.2 Å². The third-order valence-electron chi connectivity index (χ3n) is 4.81. The maximum Gasteiger partial charge on any atom is 0.223 e. The number of aromatic amines is 1. The zero-order chi connectivity index (χ0) is 17.8. The molecule has 1 saturated heterocycles. The first-order valence-electron chi connectivity index (χ1n) is 8.45. The van der Waals surface area contributed by atoms with Crippen molar-refractivity contribution >= 4 is 22.6 Å². The van der Waals surface area contributed by atoms with Gasteiger partial charge in [-0.1, -0.05) is 6.92 Å². The van der Waals surface area contributed by atoms with Crippen LogP contribution in [0.4, 0.5) is 5.69 Å². The molecule has 7 nitrogen and oxygen atoms in total. The van der Waals surface area contributed by atoms with E-state index in [1.54, 1.807) is 12.4 Å². The number of nitrogens with zero attached hydrogens (tertiary/aromatic N) is 4. The monoisotopic (exact) mass is 336 g/mol. The van der Waals surface area contributed by atoms with Crippen molar-refractivity contribution < 1.29 is 4.79 Å². The van der Waals surface area contributed by atoms with E-state index in [1.807, 2.05) is 17.0 Å². The van der Waals surface area contributed by atoms with Crippen LogP contribution in [0.15, 0.2) is 18.5 Å². The number of fused-ring (bicyclic) bond motifs is 1. The number of H-pyrrole nitrogens is 1. The number of carbonyl (C=O) groups excluding carboxylic acids is 1. The fraction of sp³-hybridized carbons (Fsp3) is 0.444. The highest BCUT2D eigenvalue weighted by molar-refractivity contribution is 5.92. The van der Waals surface area contributed by atoms with Crippen molar-refractivity contribution in [3.8, 4) is 12.1 Å². The molecule has 2 N–H and O–H groups in total. The Morgan fingerprint density at radius 2 is 2.32 bits per heavy atom. The third-order valence-corrected chi connectivity index (χ3v) is 4.81. The number of hydrogen-bond acceptors (Lipinski definition) is 5. The highest BCUT2D eigenvalue weighted by Crippen LogP contribution is 2.30. The normalized spacial score (nSPS) is 19.6. The summed E-state index contributed by atoms with van der Waals surface area (Å²) in [5.41, 5.74) is 1.99. The Hall–Kier alpha value is -3.06. The number of likely N-dealkylation sites (tertiary alicyclic amines) is 1. The molecule has 25 heavy (non-hydrogen) atoms. The molecule has 0 aliphatic carbocycles. The maximum atomic E-state index is 12.2. The molecule has 7 heteroatoms. The van der Waals surface area contributed by atoms with Crippen molar-refractivity contribution in [1.82, 2.24) is 14.9 Å². The molecule has 0 spiro atoms. The van der Waals surface area contributed by atoms with Crippen molar-refractivity contribution in [2.75, 3.05) is 18.4 Å². The van der Waals surface area contributed by atoms with Gasteiger partial charge in [-0.2, -0.15) is 10.5 Å². The predicted octanol–water partition coefficient (Wildman–Crippen LogP) is 2.39. The van der Waals surface area contributed by atoms with Gasteiger partial charge in [-0.3, -0.25) is 4.79 Å². The molecule has 128 valence electrons. The third kappa shape index (κ3) is 3.27. The van der Waals surface area contributed by atoms with Crippen LogP contribution in [0.5, 0.6) is 0 Å². The summed E-state index contributed by atoms with van der Waals surface area (Å²) < 4.78 is 0. The van der Waals surface area contributed by atoms with Crippen LogP contribution in [-0.2, 0) is 4.79 Å². The summed E-state index contributed by atoms with van der Waals surface area (Å²) >= 11 is 0. The molecule has 0 saturated carbocycles. The molecule has 0 bridgehead atoms. The van der Waals surface area contributed by atoms with Gasteiger partial charge in [0, 0.05) is 49.8 Å². The molecule has 1 fully saturated rings. The first kappa shape index (κ1) is 16.8.